The maximum absolute atomic E-state index is 15.6. The first-order valence-electron chi connectivity index (χ1n) is 13.2. The molecule has 11 nitrogen and oxygen atoms in total. The van der Waals surface area contributed by atoms with Gasteiger partial charge in [0.25, 0.3) is 0 Å². The quantitative estimate of drug-likeness (QED) is 0.279. The number of rotatable bonds is 7. The lowest BCUT2D eigenvalue weighted by Crippen LogP contribution is -2.47. The Morgan fingerprint density at radius 2 is 2.05 bits per heavy atom. The molecule has 4 heterocycles. The van der Waals surface area contributed by atoms with E-state index in [4.69, 9.17) is 9.72 Å². The predicted molar refractivity (Wildman–Crippen MR) is 154 cm³/mol. The highest BCUT2D eigenvalue weighted by molar-refractivity contribution is 5.88. The molecule has 6 rings (SSSR count). The molecule has 41 heavy (non-hydrogen) atoms. The van der Waals surface area contributed by atoms with Crippen LogP contribution >= 0.6 is 0 Å². The van der Waals surface area contributed by atoms with Gasteiger partial charge in [0.15, 0.2) is 11.6 Å². The van der Waals surface area contributed by atoms with Gasteiger partial charge >= 0.3 is 0 Å². The Bertz CT molecular complexity index is 1790. The average Bonchev–Trinajstić information content (AvgIpc) is 3.36. The van der Waals surface area contributed by atoms with Gasteiger partial charge in [0, 0.05) is 37.8 Å². The normalized spacial score (nSPS) is 15.2. The largest absolute Gasteiger partial charge is 0.457 e. The Hall–Kier alpha value is -5.13. The van der Waals surface area contributed by atoms with Crippen LogP contribution < -0.4 is 20.3 Å². The number of hydrogen-bond acceptors (Lipinski definition) is 9. The minimum Gasteiger partial charge on any atom is -0.457 e. The van der Waals surface area contributed by atoms with Crippen molar-refractivity contribution in [3.63, 3.8) is 0 Å². The summed E-state index contributed by atoms with van der Waals surface area (Å²) in [5.74, 6) is 1.36. The summed E-state index contributed by atoms with van der Waals surface area (Å²) in [6, 6.07) is 12.5. The van der Waals surface area contributed by atoms with E-state index in [0.717, 1.165) is 30.7 Å². The molecule has 0 bridgehead atoms. The van der Waals surface area contributed by atoms with Crippen LogP contribution in [0.5, 0.6) is 11.5 Å². The molecule has 0 radical (unpaired) electrons. The van der Waals surface area contributed by atoms with Crippen molar-refractivity contribution < 1.29 is 13.9 Å². The van der Waals surface area contributed by atoms with Crippen molar-refractivity contribution in [3.8, 4) is 11.5 Å². The molecule has 208 valence electrons. The van der Waals surface area contributed by atoms with E-state index in [2.05, 4.69) is 42.4 Å². The first-order valence-corrected chi connectivity index (χ1v) is 13.2. The van der Waals surface area contributed by atoms with Gasteiger partial charge in [-0.15, -0.1) is 5.10 Å². The summed E-state index contributed by atoms with van der Waals surface area (Å²) in [5.41, 5.74) is 3.26. The Morgan fingerprint density at radius 1 is 1.17 bits per heavy atom. The summed E-state index contributed by atoms with van der Waals surface area (Å²) >= 11 is 0. The lowest BCUT2D eigenvalue weighted by molar-refractivity contribution is -0.117. The van der Waals surface area contributed by atoms with Gasteiger partial charge in [-0.25, -0.2) is 24.0 Å². The number of nitrogens with zero attached hydrogens (tertiary/aromatic N) is 7. The van der Waals surface area contributed by atoms with Crippen LogP contribution in [0, 0.1) is 12.7 Å². The van der Waals surface area contributed by atoms with Gasteiger partial charge < -0.3 is 20.3 Å². The average molecular weight is 554 g/mol. The van der Waals surface area contributed by atoms with Crippen LogP contribution in [0.1, 0.15) is 18.4 Å². The van der Waals surface area contributed by atoms with Gasteiger partial charge in [-0.3, -0.25) is 4.79 Å². The molecular formula is C29H28FN9O2. The standard InChI is InChI=1S/C29H28FN9O2/c1-4-26(40)33-18-6-5-13-39(15-18)25-12-9-21-28(35-25)29(32-16-31-21)34-20-8-11-24(17(2)27(20)30)41-19-7-10-23-22(14-19)36-37-38(23)3/h4,7-12,14,16,18H,1,5-6,13,15H2,2-3H3,(H,33,40)(H,31,32,34)/t18-/m1/s1. The van der Waals surface area contributed by atoms with Crippen LogP contribution in [0.25, 0.3) is 22.1 Å². The number of nitrogens with one attached hydrogen (secondary N) is 2. The van der Waals surface area contributed by atoms with Crippen molar-refractivity contribution in [2.45, 2.75) is 25.8 Å². The molecule has 1 aliphatic heterocycles. The number of aromatic nitrogens is 6. The summed E-state index contributed by atoms with van der Waals surface area (Å²) in [6.07, 6.45) is 4.48. The van der Waals surface area contributed by atoms with E-state index in [1.165, 1.54) is 12.4 Å². The van der Waals surface area contributed by atoms with Crippen LogP contribution in [-0.2, 0) is 11.8 Å². The summed E-state index contributed by atoms with van der Waals surface area (Å²) in [5, 5.41) is 14.2. The van der Waals surface area contributed by atoms with Crippen molar-refractivity contribution in [2.24, 2.45) is 7.05 Å². The Balaban J connectivity index is 1.24. The van der Waals surface area contributed by atoms with E-state index in [1.807, 2.05) is 25.2 Å². The van der Waals surface area contributed by atoms with E-state index >= 15 is 4.39 Å². The fraction of sp³-hybridized carbons (Fsp3) is 0.241. The third kappa shape index (κ3) is 5.23. The van der Waals surface area contributed by atoms with Crippen LogP contribution in [0.3, 0.4) is 0 Å². The van der Waals surface area contributed by atoms with Crippen LogP contribution in [-0.4, -0.2) is 55.0 Å². The van der Waals surface area contributed by atoms with E-state index in [1.54, 1.807) is 35.9 Å². The number of halogens is 1. The molecule has 1 fully saturated rings. The third-order valence-electron chi connectivity index (χ3n) is 7.14. The van der Waals surface area contributed by atoms with E-state index in [0.29, 0.717) is 46.0 Å². The minimum atomic E-state index is -0.470. The number of fused-ring (bicyclic) bond motifs is 2. The number of anilines is 3. The van der Waals surface area contributed by atoms with Gasteiger partial charge in [-0.1, -0.05) is 11.8 Å². The number of benzene rings is 2. The summed E-state index contributed by atoms with van der Waals surface area (Å²) < 4.78 is 23.2. The topological polar surface area (TPSA) is 123 Å². The van der Waals surface area contributed by atoms with Crippen molar-refractivity contribution in [1.82, 2.24) is 35.3 Å². The minimum absolute atomic E-state index is 0.00305. The number of carbonyl (C=O) groups excluding carboxylic acids is 1. The Labute approximate surface area is 235 Å². The van der Waals surface area contributed by atoms with Gasteiger partial charge in [0.2, 0.25) is 5.91 Å². The Morgan fingerprint density at radius 3 is 2.90 bits per heavy atom. The first kappa shape index (κ1) is 26.1. The highest BCUT2D eigenvalue weighted by Gasteiger charge is 2.23. The number of carbonyl (C=O) groups is 1. The second kappa shape index (κ2) is 10.8. The molecule has 12 heteroatoms. The Kier molecular flexibility index (Phi) is 6.88. The van der Waals surface area contributed by atoms with Crippen LogP contribution in [0.15, 0.2) is 61.4 Å². The number of hydrogen-bond donors (Lipinski definition) is 2. The molecule has 0 spiro atoms. The molecular weight excluding hydrogens is 525 g/mol. The molecule has 0 aliphatic carbocycles. The number of amides is 1. The highest BCUT2D eigenvalue weighted by Crippen LogP contribution is 2.33. The van der Waals surface area contributed by atoms with Gasteiger partial charge in [-0.05, 0) is 62.2 Å². The molecule has 3 aromatic heterocycles. The zero-order valence-electron chi connectivity index (χ0n) is 22.6. The zero-order chi connectivity index (χ0) is 28.5. The number of piperidine rings is 1. The second-order valence-electron chi connectivity index (χ2n) is 9.90. The summed E-state index contributed by atoms with van der Waals surface area (Å²) in [4.78, 5) is 27.4. The van der Waals surface area contributed by atoms with Gasteiger partial charge in [0.05, 0.1) is 16.7 Å². The summed E-state index contributed by atoms with van der Waals surface area (Å²) in [7, 11) is 1.81. The third-order valence-corrected chi connectivity index (χ3v) is 7.14. The molecule has 1 saturated heterocycles. The molecule has 0 unspecified atom stereocenters. The molecule has 2 N–H and O–H groups in total. The van der Waals surface area contributed by atoms with Crippen LogP contribution in [0.4, 0.5) is 21.7 Å². The van der Waals surface area contributed by atoms with Crippen molar-refractivity contribution in [3.05, 3.63) is 72.8 Å². The van der Waals surface area contributed by atoms with E-state index in [-0.39, 0.29) is 17.6 Å². The lowest BCUT2D eigenvalue weighted by atomic mass is 10.1. The van der Waals surface area contributed by atoms with Crippen molar-refractivity contribution in [1.29, 1.82) is 0 Å². The second-order valence-corrected chi connectivity index (χ2v) is 9.90. The first-order chi connectivity index (χ1) is 19.9. The fourth-order valence-electron chi connectivity index (χ4n) is 4.97. The number of ether oxygens (including phenoxy) is 1. The molecule has 5 aromatic rings. The molecule has 1 amide bonds. The maximum atomic E-state index is 15.6. The number of aryl methyl sites for hydroxylation is 1. The van der Waals surface area contributed by atoms with Crippen molar-refractivity contribution >= 4 is 45.3 Å². The number of pyridine rings is 1. The predicted octanol–water partition coefficient (Wildman–Crippen LogP) is 4.56. The zero-order valence-corrected chi connectivity index (χ0v) is 22.6. The monoisotopic (exact) mass is 553 g/mol. The van der Waals surface area contributed by atoms with Crippen molar-refractivity contribution in [2.75, 3.05) is 23.3 Å². The fourth-order valence-corrected chi connectivity index (χ4v) is 4.97. The maximum Gasteiger partial charge on any atom is 0.243 e. The lowest BCUT2D eigenvalue weighted by Gasteiger charge is -2.33. The SMILES string of the molecule is C=CC(=O)N[C@@H]1CCCN(c2ccc3ncnc(Nc4ccc(Oc5ccc6c(c5)nnn6C)c(C)c4F)c3n2)C1. The summed E-state index contributed by atoms with van der Waals surface area (Å²) in [6.45, 7) is 6.60. The molecule has 0 saturated carbocycles. The van der Waals surface area contributed by atoms with Crippen LogP contribution in [0.2, 0.25) is 0 Å². The molecule has 2 aromatic carbocycles. The smallest absolute Gasteiger partial charge is 0.243 e. The molecule has 1 atom stereocenters. The van der Waals surface area contributed by atoms with Gasteiger partial charge in [-0.2, -0.15) is 0 Å². The highest BCUT2D eigenvalue weighted by atomic mass is 19.1. The van der Waals surface area contributed by atoms with Gasteiger partial charge in [0.1, 0.15) is 34.7 Å². The van der Waals surface area contributed by atoms with E-state index < -0.39 is 5.82 Å². The molecule has 1 aliphatic rings. The van der Waals surface area contributed by atoms with E-state index in [9.17, 15) is 4.79 Å².